The van der Waals surface area contributed by atoms with Crippen molar-refractivity contribution in [3.05, 3.63) is 0 Å². The Labute approximate surface area is 68.2 Å². The van der Waals surface area contributed by atoms with Crippen LogP contribution >= 0.6 is 0 Å². The predicted octanol–water partition coefficient (Wildman–Crippen LogP) is -4.80. The van der Waals surface area contributed by atoms with Gasteiger partial charge in [0.25, 0.3) is 0 Å². The summed E-state index contributed by atoms with van der Waals surface area (Å²) in [5.74, 6) is -1.56. The van der Waals surface area contributed by atoms with E-state index >= 15 is 0 Å². The summed E-state index contributed by atoms with van der Waals surface area (Å²) in [7, 11) is 0. The summed E-state index contributed by atoms with van der Waals surface area (Å²) >= 11 is 0. The number of hydrogen-bond donors (Lipinski definition) is 4. The Balaban J connectivity index is 2.89. The third kappa shape index (κ3) is 1.09. The zero-order chi connectivity index (χ0) is 9.52. The molecule has 1 aliphatic carbocycles. The molecule has 0 bridgehead atoms. The molecule has 6 N–H and O–H groups in total. The average molecular weight is 177 g/mol. The van der Waals surface area contributed by atoms with Crippen molar-refractivity contribution in [2.24, 2.45) is 0 Å². The van der Waals surface area contributed by atoms with E-state index in [1.54, 1.807) is 0 Å². The van der Waals surface area contributed by atoms with E-state index in [4.69, 9.17) is 15.3 Å². The number of aliphatic hydroxyl groups is 3. The van der Waals surface area contributed by atoms with Crippen LogP contribution in [0.3, 0.4) is 0 Å². The number of carbonyl (C=O) groups is 1. The monoisotopic (exact) mass is 177 g/mol. The van der Waals surface area contributed by atoms with E-state index in [0.29, 0.717) is 0 Å². The fraction of sp³-hybridized carbons (Fsp3) is 0.833. The number of carboxylic acid groups (broad SMARTS) is 1. The minimum atomic E-state index is -1.79. The maximum Gasteiger partial charge on any atom is 0.166 e. The van der Waals surface area contributed by atoms with Gasteiger partial charge in [-0.2, -0.15) is 0 Å². The lowest BCUT2D eigenvalue weighted by molar-refractivity contribution is -0.499. The Hall–Kier alpha value is -0.690. The molecule has 12 heavy (non-hydrogen) atoms. The van der Waals surface area contributed by atoms with Gasteiger partial charge in [0.15, 0.2) is 5.54 Å². The van der Waals surface area contributed by atoms with Gasteiger partial charge in [-0.1, -0.05) is 0 Å². The Morgan fingerprint density at radius 3 is 2.17 bits per heavy atom. The van der Waals surface area contributed by atoms with Crippen LogP contribution in [0.2, 0.25) is 0 Å². The van der Waals surface area contributed by atoms with E-state index in [2.05, 4.69) is 5.73 Å². The SMILES string of the molecule is [NH3+][C@]1(C(=O)[O-])C[C@H](O)[C@H](O)[C@H]1O. The Kier molecular flexibility index (Phi) is 2.09. The van der Waals surface area contributed by atoms with Crippen LogP contribution in [0.15, 0.2) is 0 Å². The molecule has 6 nitrogen and oxygen atoms in total. The van der Waals surface area contributed by atoms with Crippen molar-refractivity contribution in [1.82, 2.24) is 0 Å². The molecule has 1 rings (SSSR count). The highest BCUT2D eigenvalue weighted by Gasteiger charge is 2.54. The summed E-state index contributed by atoms with van der Waals surface area (Å²) in [6.45, 7) is 0. The molecule has 1 fully saturated rings. The molecular formula is C6H11NO5. The maximum atomic E-state index is 10.5. The van der Waals surface area contributed by atoms with Crippen molar-refractivity contribution in [3.63, 3.8) is 0 Å². The summed E-state index contributed by atoms with van der Waals surface area (Å²) in [4.78, 5) is 10.5. The van der Waals surface area contributed by atoms with Gasteiger partial charge in [0, 0.05) is 6.42 Å². The first kappa shape index (κ1) is 9.40. The van der Waals surface area contributed by atoms with Gasteiger partial charge in [-0.15, -0.1) is 0 Å². The van der Waals surface area contributed by atoms with Crippen LogP contribution in [0.25, 0.3) is 0 Å². The Morgan fingerprint density at radius 1 is 1.50 bits per heavy atom. The second-order valence-electron chi connectivity index (χ2n) is 3.15. The minimum absolute atomic E-state index is 0.294. The van der Waals surface area contributed by atoms with Crippen molar-refractivity contribution >= 4 is 5.97 Å². The van der Waals surface area contributed by atoms with Gasteiger partial charge in [-0.3, -0.25) is 0 Å². The molecule has 1 aliphatic rings. The lowest BCUT2D eigenvalue weighted by Crippen LogP contribution is -2.83. The molecular weight excluding hydrogens is 166 g/mol. The molecule has 70 valence electrons. The predicted molar refractivity (Wildman–Crippen MR) is 33.3 cm³/mol. The van der Waals surface area contributed by atoms with Gasteiger partial charge in [-0.05, 0) is 0 Å². The number of hydrogen-bond acceptors (Lipinski definition) is 5. The third-order valence-electron chi connectivity index (χ3n) is 2.26. The quantitative estimate of drug-likeness (QED) is 0.319. The normalized spacial score (nSPS) is 47.8. The topological polar surface area (TPSA) is 128 Å². The van der Waals surface area contributed by atoms with Crippen LogP contribution in [0.1, 0.15) is 6.42 Å². The molecule has 0 aromatic heterocycles. The first-order valence-electron chi connectivity index (χ1n) is 3.50. The number of aliphatic carboxylic acids is 1. The molecule has 0 unspecified atom stereocenters. The zero-order valence-electron chi connectivity index (χ0n) is 6.30. The molecule has 0 aromatic carbocycles. The van der Waals surface area contributed by atoms with E-state index < -0.39 is 29.8 Å². The van der Waals surface area contributed by atoms with Crippen molar-refractivity contribution < 1.29 is 31.0 Å². The molecule has 0 spiro atoms. The second-order valence-corrected chi connectivity index (χ2v) is 3.15. The average Bonchev–Trinajstić information content (AvgIpc) is 2.17. The summed E-state index contributed by atoms with van der Waals surface area (Å²) in [5, 5.41) is 37.7. The first-order chi connectivity index (χ1) is 5.39. The second kappa shape index (κ2) is 2.67. The lowest BCUT2D eigenvalue weighted by Gasteiger charge is -2.24. The maximum absolute atomic E-state index is 10.5. The number of carboxylic acids is 1. The molecule has 6 heteroatoms. The molecule has 0 aliphatic heterocycles. The van der Waals surface area contributed by atoms with E-state index in [0.717, 1.165) is 0 Å². The van der Waals surface area contributed by atoms with E-state index in [1.807, 2.05) is 0 Å². The molecule has 0 heterocycles. The van der Waals surface area contributed by atoms with Crippen molar-refractivity contribution in [2.75, 3.05) is 0 Å². The van der Waals surface area contributed by atoms with Crippen LogP contribution < -0.4 is 10.8 Å². The molecule has 1 saturated carbocycles. The summed E-state index contributed by atoms with van der Waals surface area (Å²) in [5.41, 5.74) is 1.43. The van der Waals surface area contributed by atoms with Crippen LogP contribution in [0.4, 0.5) is 0 Å². The van der Waals surface area contributed by atoms with Gasteiger partial charge >= 0.3 is 0 Å². The molecule has 0 aromatic rings. The molecule has 0 saturated heterocycles. The zero-order valence-corrected chi connectivity index (χ0v) is 6.30. The van der Waals surface area contributed by atoms with Crippen LogP contribution in [-0.4, -0.2) is 45.1 Å². The highest BCUT2D eigenvalue weighted by atomic mass is 16.4. The van der Waals surface area contributed by atoms with Gasteiger partial charge in [-0.25, -0.2) is 0 Å². The summed E-state index contributed by atoms with van der Waals surface area (Å²) in [6.07, 6.45) is -4.58. The van der Waals surface area contributed by atoms with Gasteiger partial charge in [0.2, 0.25) is 0 Å². The van der Waals surface area contributed by atoms with E-state index in [9.17, 15) is 9.90 Å². The number of quaternary nitrogens is 1. The molecule has 0 amide bonds. The minimum Gasteiger partial charge on any atom is -0.544 e. The Bertz CT molecular complexity index is 208. The van der Waals surface area contributed by atoms with Gasteiger partial charge in [0.05, 0.1) is 6.10 Å². The summed E-state index contributed by atoms with van der Waals surface area (Å²) in [6, 6.07) is 0. The van der Waals surface area contributed by atoms with Crippen molar-refractivity contribution in [3.8, 4) is 0 Å². The van der Waals surface area contributed by atoms with E-state index in [1.165, 1.54) is 0 Å². The highest BCUT2D eigenvalue weighted by Crippen LogP contribution is 2.26. The number of aliphatic hydroxyl groups excluding tert-OH is 3. The third-order valence-corrected chi connectivity index (χ3v) is 2.26. The largest absolute Gasteiger partial charge is 0.544 e. The molecule has 4 atom stereocenters. The van der Waals surface area contributed by atoms with Crippen LogP contribution in [0, 0.1) is 0 Å². The summed E-state index contributed by atoms with van der Waals surface area (Å²) < 4.78 is 0. The van der Waals surface area contributed by atoms with E-state index in [-0.39, 0.29) is 6.42 Å². The van der Waals surface area contributed by atoms with Gasteiger partial charge in [0.1, 0.15) is 18.2 Å². The Morgan fingerprint density at radius 2 is 2.00 bits per heavy atom. The van der Waals surface area contributed by atoms with Crippen LogP contribution in [0.5, 0.6) is 0 Å². The fourth-order valence-corrected chi connectivity index (χ4v) is 1.36. The van der Waals surface area contributed by atoms with Crippen molar-refractivity contribution in [2.45, 2.75) is 30.3 Å². The number of carbonyl (C=O) groups excluding carboxylic acids is 1. The highest BCUT2D eigenvalue weighted by molar-refractivity contribution is 5.76. The smallest absolute Gasteiger partial charge is 0.166 e. The number of rotatable bonds is 1. The first-order valence-corrected chi connectivity index (χ1v) is 3.50. The fourth-order valence-electron chi connectivity index (χ4n) is 1.36. The molecule has 0 radical (unpaired) electrons. The lowest BCUT2D eigenvalue weighted by atomic mass is 9.97. The van der Waals surface area contributed by atoms with Crippen LogP contribution in [-0.2, 0) is 4.79 Å². The standard InChI is InChI=1S/C6H11NO5/c7-6(5(11)12)1-2(8)3(9)4(6)10/h2-4,8-10H,1,7H2,(H,11,12)/t2-,3-,4+,6+/m0/s1. The van der Waals surface area contributed by atoms with Gasteiger partial charge < -0.3 is 31.0 Å². The van der Waals surface area contributed by atoms with Crippen molar-refractivity contribution in [1.29, 1.82) is 0 Å².